The minimum absolute atomic E-state index is 0.117. The van der Waals surface area contributed by atoms with Gasteiger partial charge in [0, 0.05) is 11.6 Å². The van der Waals surface area contributed by atoms with Gasteiger partial charge >= 0.3 is 0 Å². The molecule has 1 rings (SSSR count). The SMILES string of the molecule is CC(c1ccccc1F)N(C)CCCCCN. The number of benzene rings is 1. The Morgan fingerprint density at radius 1 is 1.24 bits per heavy atom. The minimum atomic E-state index is -0.117. The van der Waals surface area contributed by atoms with Crippen molar-refractivity contribution in [1.29, 1.82) is 0 Å². The van der Waals surface area contributed by atoms with Crippen molar-refractivity contribution in [3.63, 3.8) is 0 Å². The molecule has 0 saturated carbocycles. The zero-order valence-corrected chi connectivity index (χ0v) is 10.8. The number of rotatable bonds is 7. The maximum atomic E-state index is 13.6. The van der Waals surface area contributed by atoms with E-state index in [-0.39, 0.29) is 11.9 Å². The molecule has 0 aromatic heterocycles. The fourth-order valence-electron chi connectivity index (χ4n) is 1.93. The number of hydrogen-bond acceptors (Lipinski definition) is 2. The second-order valence-corrected chi connectivity index (χ2v) is 4.53. The molecule has 0 aliphatic rings. The molecule has 3 heteroatoms. The fraction of sp³-hybridized carbons (Fsp3) is 0.571. The first-order chi connectivity index (χ1) is 8.16. The van der Waals surface area contributed by atoms with Crippen LogP contribution in [-0.4, -0.2) is 25.0 Å². The highest BCUT2D eigenvalue weighted by Crippen LogP contribution is 2.21. The van der Waals surface area contributed by atoms with Crippen molar-refractivity contribution in [1.82, 2.24) is 4.90 Å². The molecule has 1 unspecified atom stereocenters. The fourth-order valence-corrected chi connectivity index (χ4v) is 1.93. The van der Waals surface area contributed by atoms with E-state index in [1.807, 2.05) is 26.1 Å². The van der Waals surface area contributed by atoms with Crippen molar-refractivity contribution in [3.05, 3.63) is 35.6 Å². The standard InChI is InChI=1S/C14H23FN2/c1-12(13-8-4-5-9-14(13)15)17(2)11-7-3-6-10-16/h4-5,8-9,12H,3,6-7,10-11,16H2,1-2H3. The van der Waals surface area contributed by atoms with Crippen molar-refractivity contribution < 1.29 is 4.39 Å². The predicted octanol–water partition coefficient (Wildman–Crippen LogP) is 2.95. The molecule has 1 aromatic rings. The van der Waals surface area contributed by atoms with E-state index in [0.29, 0.717) is 0 Å². The highest BCUT2D eigenvalue weighted by Gasteiger charge is 2.14. The molecular formula is C14H23FN2. The van der Waals surface area contributed by atoms with Gasteiger partial charge in [0.2, 0.25) is 0 Å². The lowest BCUT2D eigenvalue weighted by molar-refractivity contribution is 0.250. The molecule has 2 N–H and O–H groups in total. The van der Waals surface area contributed by atoms with Gasteiger partial charge in [0.1, 0.15) is 5.82 Å². The third-order valence-electron chi connectivity index (χ3n) is 3.23. The van der Waals surface area contributed by atoms with Crippen LogP contribution < -0.4 is 5.73 Å². The summed E-state index contributed by atoms with van der Waals surface area (Å²) in [7, 11) is 2.04. The number of unbranched alkanes of at least 4 members (excludes halogenated alkanes) is 2. The van der Waals surface area contributed by atoms with Crippen LogP contribution in [0.5, 0.6) is 0 Å². The molecule has 1 aromatic carbocycles. The van der Waals surface area contributed by atoms with Crippen molar-refractivity contribution in [2.75, 3.05) is 20.1 Å². The summed E-state index contributed by atoms with van der Waals surface area (Å²) >= 11 is 0. The monoisotopic (exact) mass is 238 g/mol. The van der Waals surface area contributed by atoms with E-state index in [9.17, 15) is 4.39 Å². The number of nitrogens with two attached hydrogens (primary N) is 1. The van der Waals surface area contributed by atoms with Crippen LogP contribution >= 0.6 is 0 Å². The first-order valence-corrected chi connectivity index (χ1v) is 6.31. The van der Waals surface area contributed by atoms with Gasteiger partial charge in [-0.05, 0) is 46.0 Å². The Hall–Kier alpha value is -0.930. The molecule has 0 bridgehead atoms. The summed E-state index contributed by atoms with van der Waals surface area (Å²) in [4.78, 5) is 2.19. The molecule has 1 atom stereocenters. The Labute approximate surface area is 104 Å². The van der Waals surface area contributed by atoms with E-state index in [2.05, 4.69) is 4.90 Å². The Balaban J connectivity index is 2.46. The van der Waals surface area contributed by atoms with E-state index in [0.717, 1.165) is 37.9 Å². The van der Waals surface area contributed by atoms with Gasteiger partial charge < -0.3 is 5.73 Å². The molecular weight excluding hydrogens is 215 g/mol. The average molecular weight is 238 g/mol. The van der Waals surface area contributed by atoms with Gasteiger partial charge in [-0.25, -0.2) is 4.39 Å². The second-order valence-electron chi connectivity index (χ2n) is 4.53. The zero-order chi connectivity index (χ0) is 12.7. The van der Waals surface area contributed by atoms with Crippen LogP contribution in [0.4, 0.5) is 4.39 Å². The summed E-state index contributed by atoms with van der Waals surface area (Å²) in [5, 5.41) is 0. The highest BCUT2D eigenvalue weighted by atomic mass is 19.1. The maximum absolute atomic E-state index is 13.6. The summed E-state index contributed by atoms with van der Waals surface area (Å²) in [5.41, 5.74) is 6.22. The first kappa shape index (κ1) is 14.1. The van der Waals surface area contributed by atoms with Crippen molar-refractivity contribution in [3.8, 4) is 0 Å². The molecule has 0 saturated heterocycles. The third kappa shape index (κ3) is 4.44. The minimum Gasteiger partial charge on any atom is -0.330 e. The molecule has 2 nitrogen and oxygen atoms in total. The van der Waals surface area contributed by atoms with Crippen LogP contribution in [0, 0.1) is 5.82 Å². The van der Waals surface area contributed by atoms with Gasteiger partial charge in [-0.3, -0.25) is 4.90 Å². The average Bonchev–Trinajstić information content (AvgIpc) is 2.34. The van der Waals surface area contributed by atoms with E-state index >= 15 is 0 Å². The van der Waals surface area contributed by atoms with Gasteiger partial charge in [-0.15, -0.1) is 0 Å². The smallest absolute Gasteiger partial charge is 0.127 e. The summed E-state index contributed by atoms with van der Waals surface area (Å²) in [5.74, 6) is -0.117. The summed E-state index contributed by atoms with van der Waals surface area (Å²) in [6.45, 7) is 3.78. The molecule has 0 heterocycles. The van der Waals surface area contributed by atoms with Gasteiger partial charge in [0.05, 0.1) is 0 Å². The lowest BCUT2D eigenvalue weighted by Crippen LogP contribution is -2.24. The van der Waals surface area contributed by atoms with Gasteiger partial charge in [-0.1, -0.05) is 24.6 Å². The van der Waals surface area contributed by atoms with Gasteiger partial charge in [-0.2, -0.15) is 0 Å². The van der Waals surface area contributed by atoms with Crippen molar-refractivity contribution in [2.45, 2.75) is 32.2 Å². The van der Waals surface area contributed by atoms with Crippen LogP contribution in [0.1, 0.15) is 37.8 Å². The molecule has 96 valence electrons. The van der Waals surface area contributed by atoms with E-state index in [1.165, 1.54) is 6.07 Å². The van der Waals surface area contributed by atoms with Crippen LogP contribution in [0.25, 0.3) is 0 Å². The Morgan fingerprint density at radius 3 is 2.59 bits per heavy atom. The summed E-state index contributed by atoms with van der Waals surface area (Å²) in [6, 6.07) is 7.11. The van der Waals surface area contributed by atoms with E-state index in [4.69, 9.17) is 5.73 Å². The maximum Gasteiger partial charge on any atom is 0.127 e. The van der Waals surface area contributed by atoms with Gasteiger partial charge in [0.25, 0.3) is 0 Å². The topological polar surface area (TPSA) is 29.3 Å². The number of hydrogen-bond donors (Lipinski definition) is 1. The predicted molar refractivity (Wildman–Crippen MR) is 70.4 cm³/mol. The highest BCUT2D eigenvalue weighted by molar-refractivity contribution is 5.20. The summed E-state index contributed by atoms with van der Waals surface area (Å²) in [6.07, 6.45) is 3.33. The normalized spacial score (nSPS) is 13.0. The molecule has 0 fully saturated rings. The second kappa shape index (κ2) is 7.41. The molecule has 0 radical (unpaired) electrons. The quantitative estimate of drug-likeness (QED) is 0.740. The van der Waals surface area contributed by atoms with Crippen molar-refractivity contribution >= 4 is 0 Å². The lowest BCUT2D eigenvalue weighted by Gasteiger charge is -2.25. The van der Waals surface area contributed by atoms with Crippen LogP contribution in [-0.2, 0) is 0 Å². The Kier molecular flexibility index (Phi) is 6.16. The molecule has 0 aliphatic carbocycles. The molecule has 17 heavy (non-hydrogen) atoms. The van der Waals surface area contributed by atoms with Crippen molar-refractivity contribution in [2.24, 2.45) is 5.73 Å². The van der Waals surface area contributed by atoms with Crippen LogP contribution in [0.3, 0.4) is 0 Å². The summed E-state index contributed by atoms with van der Waals surface area (Å²) < 4.78 is 13.6. The molecule has 0 aliphatic heterocycles. The third-order valence-corrected chi connectivity index (χ3v) is 3.23. The molecule has 0 amide bonds. The first-order valence-electron chi connectivity index (χ1n) is 6.31. The zero-order valence-electron chi connectivity index (χ0n) is 10.8. The van der Waals surface area contributed by atoms with E-state index < -0.39 is 0 Å². The number of nitrogens with zero attached hydrogens (tertiary/aromatic N) is 1. The van der Waals surface area contributed by atoms with E-state index in [1.54, 1.807) is 6.07 Å². The van der Waals surface area contributed by atoms with Crippen LogP contribution in [0.15, 0.2) is 24.3 Å². The van der Waals surface area contributed by atoms with Gasteiger partial charge in [0.15, 0.2) is 0 Å². The Morgan fingerprint density at radius 2 is 1.94 bits per heavy atom. The Bertz CT molecular complexity index is 328. The van der Waals surface area contributed by atoms with Crippen LogP contribution in [0.2, 0.25) is 0 Å². The molecule has 0 spiro atoms. The largest absolute Gasteiger partial charge is 0.330 e. The number of halogens is 1. The lowest BCUT2D eigenvalue weighted by atomic mass is 10.1.